The summed E-state index contributed by atoms with van der Waals surface area (Å²) in [4.78, 5) is 36.9. The maximum absolute atomic E-state index is 12.8. The molecule has 1 unspecified atom stereocenters. The predicted molar refractivity (Wildman–Crippen MR) is 111 cm³/mol. The fraction of sp³-hybridized carbons (Fsp3) is 0.571. The molecule has 0 radical (unpaired) electrons. The first-order chi connectivity index (χ1) is 13.5. The fourth-order valence-electron chi connectivity index (χ4n) is 3.73. The van der Waals surface area contributed by atoms with Crippen LogP contribution in [-0.2, 0) is 22.6 Å². The zero-order chi connectivity index (χ0) is 20.5. The van der Waals surface area contributed by atoms with Gasteiger partial charge in [-0.3, -0.25) is 14.4 Å². The number of unbranched alkanes of at least 4 members (excludes halogenated alkanes) is 5. The van der Waals surface area contributed by atoms with Crippen molar-refractivity contribution in [2.45, 2.75) is 70.4 Å². The number of carbonyl (C=O) groups excluding carboxylic acids is 2. The van der Waals surface area contributed by atoms with Gasteiger partial charge in [0.2, 0.25) is 5.91 Å². The number of hydrogen-bond donors (Lipinski definition) is 2. The molecule has 1 aliphatic rings. The Morgan fingerprint density at radius 2 is 1.82 bits per heavy atom. The van der Waals surface area contributed by atoms with Gasteiger partial charge in [-0.2, -0.15) is 0 Å². The Bertz CT molecular complexity index is 708. The predicted octanol–water partition coefficient (Wildman–Crippen LogP) is 3.64. The molecule has 0 fully saturated rings. The smallest absolute Gasteiger partial charge is 0.303 e. The van der Waals surface area contributed by atoms with Crippen LogP contribution in [-0.4, -0.2) is 39.2 Å². The van der Waals surface area contributed by atoms with Crippen molar-refractivity contribution < 1.29 is 19.5 Å². The van der Waals surface area contributed by atoms with E-state index in [1.165, 1.54) is 30.6 Å². The quantitative estimate of drug-likeness (QED) is 0.352. The molecule has 28 heavy (non-hydrogen) atoms. The lowest BCUT2D eigenvalue weighted by molar-refractivity contribution is -0.137. The number of amides is 2. The highest BCUT2D eigenvalue weighted by Crippen LogP contribution is 2.29. The van der Waals surface area contributed by atoms with E-state index in [2.05, 4.69) is 15.9 Å². The molecule has 1 heterocycles. The molecular formula is C21H29BrN2O4. The van der Waals surface area contributed by atoms with Crippen molar-refractivity contribution in [3.8, 4) is 0 Å². The highest BCUT2D eigenvalue weighted by atomic mass is 79.9. The molecule has 1 aromatic rings. The summed E-state index contributed by atoms with van der Waals surface area (Å²) >= 11 is 3.45. The SMILES string of the molecule is NC(=O)C(CCC(=O)O)N1Cc2c(CCCCCCCCBr)cccc2C1=O. The van der Waals surface area contributed by atoms with Gasteiger partial charge in [-0.25, -0.2) is 0 Å². The molecule has 7 heteroatoms. The maximum atomic E-state index is 12.8. The summed E-state index contributed by atoms with van der Waals surface area (Å²) in [6.45, 7) is 0.322. The van der Waals surface area contributed by atoms with Gasteiger partial charge >= 0.3 is 5.97 Å². The van der Waals surface area contributed by atoms with Gasteiger partial charge < -0.3 is 15.7 Å². The second-order valence-corrected chi connectivity index (χ2v) is 8.08. The van der Waals surface area contributed by atoms with Gasteiger partial charge in [0.1, 0.15) is 6.04 Å². The highest BCUT2D eigenvalue weighted by molar-refractivity contribution is 9.09. The van der Waals surface area contributed by atoms with Gasteiger partial charge in [0.15, 0.2) is 0 Å². The number of carboxylic acid groups (broad SMARTS) is 1. The minimum atomic E-state index is -1.01. The third-order valence-corrected chi connectivity index (χ3v) is 5.82. The molecule has 0 aromatic heterocycles. The Morgan fingerprint density at radius 1 is 1.14 bits per heavy atom. The molecule has 154 valence electrons. The van der Waals surface area contributed by atoms with Crippen LogP contribution in [0.25, 0.3) is 0 Å². The van der Waals surface area contributed by atoms with Gasteiger partial charge in [-0.1, -0.05) is 53.7 Å². The summed E-state index contributed by atoms with van der Waals surface area (Å²) in [6, 6.07) is 4.80. The van der Waals surface area contributed by atoms with Crippen LogP contribution in [0.3, 0.4) is 0 Å². The first kappa shape index (κ1) is 22.4. The number of carbonyl (C=O) groups is 3. The monoisotopic (exact) mass is 452 g/mol. The Balaban J connectivity index is 1.99. The summed E-state index contributed by atoms with van der Waals surface area (Å²) in [7, 11) is 0. The number of halogens is 1. The zero-order valence-electron chi connectivity index (χ0n) is 16.2. The molecule has 2 amide bonds. The Labute approximate surface area is 174 Å². The number of alkyl halides is 1. The largest absolute Gasteiger partial charge is 0.481 e. The molecule has 1 aromatic carbocycles. The van der Waals surface area contributed by atoms with Gasteiger partial charge in [0, 0.05) is 23.9 Å². The van der Waals surface area contributed by atoms with E-state index < -0.39 is 17.9 Å². The second kappa shape index (κ2) is 11.2. The molecule has 0 saturated carbocycles. The number of hydrogen-bond acceptors (Lipinski definition) is 3. The molecule has 3 N–H and O–H groups in total. The summed E-state index contributed by atoms with van der Waals surface area (Å²) < 4.78 is 0. The van der Waals surface area contributed by atoms with Crippen molar-refractivity contribution in [1.29, 1.82) is 0 Å². The van der Waals surface area contributed by atoms with Crippen LogP contribution in [0, 0.1) is 0 Å². The van der Waals surface area contributed by atoms with E-state index in [9.17, 15) is 14.4 Å². The van der Waals surface area contributed by atoms with E-state index >= 15 is 0 Å². The number of nitrogens with zero attached hydrogens (tertiary/aromatic N) is 1. The highest BCUT2D eigenvalue weighted by Gasteiger charge is 2.36. The van der Waals surface area contributed by atoms with E-state index in [0.717, 1.165) is 35.7 Å². The molecule has 0 aliphatic carbocycles. The Kier molecular flexibility index (Phi) is 8.96. The van der Waals surface area contributed by atoms with Crippen LogP contribution < -0.4 is 5.73 Å². The zero-order valence-corrected chi connectivity index (χ0v) is 17.7. The Hall–Kier alpha value is -1.89. The van der Waals surface area contributed by atoms with Gasteiger partial charge in [0.25, 0.3) is 5.91 Å². The minimum absolute atomic E-state index is 0.0358. The number of primary amides is 1. The van der Waals surface area contributed by atoms with Crippen molar-refractivity contribution in [1.82, 2.24) is 4.90 Å². The van der Waals surface area contributed by atoms with Crippen molar-refractivity contribution in [3.05, 3.63) is 34.9 Å². The van der Waals surface area contributed by atoms with Crippen molar-refractivity contribution in [2.75, 3.05) is 5.33 Å². The summed E-state index contributed by atoms with van der Waals surface area (Å²) in [5, 5.41) is 9.96. The minimum Gasteiger partial charge on any atom is -0.481 e. The molecule has 0 saturated heterocycles. The molecule has 0 spiro atoms. The lowest BCUT2D eigenvalue weighted by Gasteiger charge is -2.24. The third kappa shape index (κ3) is 6.06. The molecule has 1 aliphatic heterocycles. The molecule has 0 bridgehead atoms. The number of aryl methyl sites for hydroxylation is 1. The number of nitrogens with two attached hydrogens (primary N) is 1. The first-order valence-electron chi connectivity index (χ1n) is 9.94. The number of carboxylic acids is 1. The number of fused-ring (bicyclic) bond motifs is 1. The fourth-order valence-corrected chi connectivity index (χ4v) is 4.13. The van der Waals surface area contributed by atoms with Crippen LogP contribution in [0.15, 0.2) is 18.2 Å². The Morgan fingerprint density at radius 3 is 2.46 bits per heavy atom. The standard InChI is InChI=1S/C21H29BrN2O4/c22-13-6-4-2-1-3-5-8-15-9-7-10-16-17(15)14-24(21(16)28)18(20(23)27)11-12-19(25)26/h7,9-10,18H,1-6,8,11-14H2,(H2,23,27)(H,25,26). The molecular weight excluding hydrogens is 424 g/mol. The molecule has 2 rings (SSSR count). The van der Waals surface area contributed by atoms with E-state index in [1.807, 2.05) is 12.1 Å². The normalized spacial score (nSPS) is 14.2. The average molecular weight is 453 g/mol. The summed E-state index contributed by atoms with van der Waals surface area (Å²) in [5.41, 5.74) is 8.15. The second-order valence-electron chi connectivity index (χ2n) is 7.29. The topological polar surface area (TPSA) is 101 Å². The van der Waals surface area contributed by atoms with Crippen molar-refractivity contribution >= 4 is 33.7 Å². The lowest BCUT2D eigenvalue weighted by atomic mass is 9.98. The van der Waals surface area contributed by atoms with E-state index in [4.69, 9.17) is 10.8 Å². The molecule has 6 nitrogen and oxygen atoms in total. The van der Waals surface area contributed by atoms with Crippen LogP contribution in [0.5, 0.6) is 0 Å². The molecule has 1 atom stereocenters. The van der Waals surface area contributed by atoms with Crippen LogP contribution in [0.4, 0.5) is 0 Å². The number of benzene rings is 1. The number of rotatable bonds is 13. The maximum Gasteiger partial charge on any atom is 0.303 e. The van der Waals surface area contributed by atoms with Crippen LogP contribution in [0.1, 0.15) is 72.9 Å². The van der Waals surface area contributed by atoms with Crippen molar-refractivity contribution in [2.24, 2.45) is 5.73 Å². The van der Waals surface area contributed by atoms with Crippen molar-refractivity contribution in [3.63, 3.8) is 0 Å². The average Bonchev–Trinajstić information content (AvgIpc) is 2.98. The van der Waals surface area contributed by atoms with Gasteiger partial charge in [0.05, 0.1) is 0 Å². The number of aliphatic carboxylic acids is 1. The third-order valence-electron chi connectivity index (χ3n) is 5.26. The van der Waals surface area contributed by atoms with E-state index in [0.29, 0.717) is 12.1 Å². The van der Waals surface area contributed by atoms with Crippen LogP contribution in [0.2, 0.25) is 0 Å². The summed E-state index contributed by atoms with van der Waals surface area (Å²) in [6.07, 6.45) is 7.89. The van der Waals surface area contributed by atoms with Gasteiger partial charge in [-0.15, -0.1) is 0 Å². The van der Waals surface area contributed by atoms with Gasteiger partial charge in [-0.05, 0) is 42.9 Å². The van der Waals surface area contributed by atoms with E-state index in [1.54, 1.807) is 6.07 Å². The lowest BCUT2D eigenvalue weighted by Crippen LogP contribution is -2.45. The van der Waals surface area contributed by atoms with E-state index in [-0.39, 0.29) is 18.7 Å². The summed E-state index contributed by atoms with van der Waals surface area (Å²) in [5.74, 6) is -1.90. The van der Waals surface area contributed by atoms with Crippen LogP contribution >= 0.6 is 15.9 Å². The first-order valence-corrected chi connectivity index (χ1v) is 11.1.